The van der Waals surface area contributed by atoms with Crippen LogP contribution in [-0.4, -0.2) is 22.8 Å². The summed E-state index contributed by atoms with van der Waals surface area (Å²) in [6.45, 7) is 8.28. The van der Waals surface area contributed by atoms with Gasteiger partial charge in [-0.1, -0.05) is 19.4 Å². The van der Waals surface area contributed by atoms with Crippen LogP contribution in [0.4, 0.5) is 0 Å². The van der Waals surface area contributed by atoms with Crippen molar-refractivity contribution in [3.8, 4) is 0 Å². The highest BCUT2D eigenvalue weighted by atomic mass is 16.6. The predicted molar refractivity (Wildman–Crippen MR) is 67.9 cm³/mol. The van der Waals surface area contributed by atoms with E-state index in [2.05, 4.69) is 13.8 Å². The Morgan fingerprint density at radius 1 is 1.28 bits per heavy atom. The van der Waals surface area contributed by atoms with Gasteiger partial charge in [-0.05, 0) is 44.9 Å². The minimum atomic E-state index is -0.829. The maximum Gasteiger partial charge on any atom is 0.335 e. The third-order valence-electron chi connectivity index (χ3n) is 5.92. The summed E-state index contributed by atoms with van der Waals surface area (Å²) in [6, 6.07) is 0. The summed E-state index contributed by atoms with van der Waals surface area (Å²) in [6.07, 6.45) is 3.15. The highest BCUT2D eigenvalue weighted by Crippen LogP contribution is 2.65. The molecule has 3 heteroatoms. The first-order chi connectivity index (χ1) is 8.24. The molecule has 0 spiro atoms. The first-order valence-corrected chi connectivity index (χ1v) is 6.88. The smallest absolute Gasteiger partial charge is 0.335 e. The Kier molecular flexibility index (Phi) is 2.16. The van der Waals surface area contributed by atoms with Crippen molar-refractivity contribution in [2.75, 3.05) is 0 Å². The fourth-order valence-corrected chi connectivity index (χ4v) is 4.61. The summed E-state index contributed by atoms with van der Waals surface area (Å²) in [5.74, 6) is -0.198. The molecule has 18 heavy (non-hydrogen) atoms. The minimum absolute atomic E-state index is 0.145. The lowest BCUT2D eigenvalue weighted by Crippen LogP contribution is -2.64. The van der Waals surface area contributed by atoms with Crippen molar-refractivity contribution in [3.05, 3.63) is 11.1 Å². The molecule has 1 heterocycles. The van der Waals surface area contributed by atoms with Crippen molar-refractivity contribution in [2.24, 2.45) is 10.8 Å². The summed E-state index contributed by atoms with van der Waals surface area (Å²) >= 11 is 0. The van der Waals surface area contributed by atoms with E-state index in [1.807, 2.05) is 13.8 Å². The molecule has 0 unspecified atom stereocenters. The fraction of sp³-hybridized carbons (Fsp3) is 0.800. The zero-order chi connectivity index (χ0) is 13.3. The SMILES string of the molecule is CC1=C2C(=O)O[C@H]3CCC(C)(C)[C@](O)(CC1)[C@@]23C. The van der Waals surface area contributed by atoms with Crippen LogP contribution in [-0.2, 0) is 9.53 Å². The second-order valence-electron chi connectivity index (χ2n) is 7.03. The van der Waals surface area contributed by atoms with Crippen molar-refractivity contribution in [3.63, 3.8) is 0 Å². The molecule has 0 aromatic heterocycles. The van der Waals surface area contributed by atoms with Gasteiger partial charge >= 0.3 is 5.97 Å². The second-order valence-corrected chi connectivity index (χ2v) is 7.03. The Hall–Kier alpha value is -0.830. The first kappa shape index (κ1) is 12.2. The van der Waals surface area contributed by atoms with Crippen molar-refractivity contribution in [2.45, 2.75) is 65.1 Å². The number of aliphatic hydroxyl groups is 1. The first-order valence-electron chi connectivity index (χ1n) is 6.88. The molecule has 3 aliphatic rings. The van der Waals surface area contributed by atoms with E-state index in [0.717, 1.165) is 36.8 Å². The lowest BCUT2D eigenvalue weighted by atomic mass is 9.47. The molecular formula is C15H22O3. The molecule has 2 fully saturated rings. The summed E-state index contributed by atoms with van der Waals surface area (Å²) in [5.41, 5.74) is 0.345. The van der Waals surface area contributed by atoms with Crippen LogP contribution >= 0.6 is 0 Å². The molecule has 2 aliphatic carbocycles. The van der Waals surface area contributed by atoms with Crippen molar-refractivity contribution in [1.29, 1.82) is 0 Å². The van der Waals surface area contributed by atoms with Gasteiger partial charge in [0.15, 0.2) is 0 Å². The summed E-state index contributed by atoms with van der Waals surface area (Å²) in [4.78, 5) is 12.1. The molecule has 1 aliphatic heterocycles. The van der Waals surface area contributed by atoms with Crippen LogP contribution in [0.25, 0.3) is 0 Å². The van der Waals surface area contributed by atoms with E-state index < -0.39 is 11.0 Å². The topological polar surface area (TPSA) is 46.5 Å². The average Bonchev–Trinajstić information content (AvgIpc) is 2.54. The van der Waals surface area contributed by atoms with E-state index >= 15 is 0 Å². The van der Waals surface area contributed by atoms with Crippen molar-refractivity contribution in [1.82, 2.24) is 0 Å². The van der Waals surface area contributed by atoms with Crippen LogP contribution in [0.2, 0.25) is 0 Å². The number of rotatable bonds is 0. The van der Waals surface area contributed by atoms with Gasteiger partial charge in [0.2, 0.25) is 0 Å². The van der Waals surface area contributed by atoms with E-state index in [4.69, 9.17) is 4.74 Å². The molecular weight excluding hydrogens is 228 g/mol. The van der Waals surface area contributed by atoms with Gasteiger partial charge in [0.1, 0.15) is 6.10 Å². The maximum atomic E-state index is 12.1. The largest absolute Gasteiger partial charge is 0.458 e. The Bertz CT molecular complexity index is 462. The molecule has 0 bridgehead atoms. The normalized spacial score (nSPS) is 45.8. The summed E-state index contributed by atoms with van der Waals surface area (Å²) in [7, 11) is 0. The lowest BCUT2D eigenvalue weighted by molar-refractivity contribution is -0.204. The van der Waals surface area contributed by atoms with Crippen molar-refractivity contribution >= 4 is 5.97 Å². The molecule has 100 valence electrons. The van der Waals surface area contributed by atoms with Crippen LogP contribution in [0.1, 0.15) is 53.4 Å². The van der Waals surface area contributed by atoms with E-state index in [1.54, 1.807) is 0 Å². The lowest BCUT2D eigenvalue weighted by Gasteiger charge is -2.59. The highest BCUT2D eigenvalue weighted by molar-refractivity contribution is 5.94. The maximum absolute atomic E-state index is 12.1. The van der Waals surface area contributed by atoms with E-state index in [1.165, 1.54) is 0 Å². The number of allylic oxidation sites excluding steroid dienone is 1. The van der Waals surface area contributed by atoms with Crippen LogP contribution < -0.4 is 0 Å². The molecule has 0 aromatic rings. The molecule has 3 rings (SSSR count). The van der Waals surface area contributed by atoms with E-state index in [9.17, 15) is 9.90 Å². The number of hydrogen-bond donors (Lipinski definition) is 1. The Morgan fingerprint density at radius 2 is 1.94 bits per heavy atom. The van der Waals surface area contributed by atoms with Gasteiger partial charge in [0.25, 0.3) is 0 Å². The zero-order valence-electron chi connectivity index (χ0n) is 11.7. The number of carbonyl (C=O) groups excluding carboxylic acids is 1. The minimum Gasteiger partial charge on any atom is -0.458 e. The molecule has 0 aromatic carbocycles. The third kappa shape index (κ3) is 1.08. The summed E-state index contributed by atoms with van der Waals surface area (Å²) in [5, 5.41) is 11.3. The Labute approximate surface area is 108 Å². The van der Waals surface area contributed by atoms with Gasteiger partial charge in [0.05, 0.1) is 11.0 Å². The molecule has 0 radical (unpaired) electrons. The standard InChI is InChI=1S/C15H22O3/c1-9-5-8-15(17)13(2,3)7-6-10-14(15,4)11(9)12(16)18-10/h10,17H,5-8H2,1-4H3/t10-,14+,15+/m0/s1. The highest BCUT2D eigenvalue weighted by Gasteiger charge is 2.70. The van der Waals surface area contributed by atoms with Gasteiger partial charge in [-0.25, -0.2) is 4.79 Å². The van der Waals surface area contributed by atoms with E-state index in [-0.39, 0.29) is 17.5 Å². The van der Waals surface area contributed by atoms with E-state index in [0.29, 0.717) is 0 Å². The van der Waals surface area contributed by atoms with Crippen molar-refractivity contribution < 1.29 is 14.6 Å². The molecule has 1 saturated carbocycles. The monoisotopic (exact) mass is 250 g/mol. The second kappa shape index (κ2) is 3.19. The Morgan fingerprint density at radius 3 is 2.61 bits per heavy atom. The molecule has 3 nitrogen and oxygen atoms in total. The van der Waals surface area contributed by atoms with Gasteiger partial charge in [0, 0.05) is 5.57 Å². The summed E-state index contributed by atoms with van der Waals surface area (Å²) < 4.78 is 5.55. The Balaban J connectivity index is 2.26. The van der Waals surface area contributed by atoms with Crippen LogP contribution in [0, 0.1) is 10.8 Å². The average molecular weight is 250 g/mol. The van der Waals surface area contributed by atoms with Crippen LogP contribution in [0.15, 0.2) is 11.1 Å². The van der Waals surface area contributed by atoms with Crippen LogP contribution in [0.3, 0.4) is 0 Å². The molecule has 1 saturated heterocycles. The molecule has 0 amide bonds. The number of hydrogen-bond acceptors (Lipinski definition) is 3. The predicted octanol–water partition coefficient (Wildman–Crippen LogP) is 2.58. The van der Waals surface area contributed by atoms with Gasteiger partial charge in [-0.3, -0.25) is 0 Å². The quantitative estimate of drug-likeness (QED) is 0.672. The number of esters is 1. The molecule has 1 N–H and O–H groups in total. The number of ether oxygens (including phenoxy) is 1. The third-order valence-corrected chi connectivity index (χ3v) is 5.92. The molecule has 3 atom stereocenters. The number of carbonyl (C=O) groups is 1. The van der Waals surface area contributed by atoms with Gasteiger partial charge in [-0.15, -0.1) is 0 Å². The van der Waals surface area contributed by atoms with Gasteiger partial charge < -0.3 is 9.84 Å². The van der Waals surface area contributed by atoms with Crippen LogP contribution in [0.5, 0.6) is 0 Å². The fourth-order valence-electron chi connectivity index (χ4n) is 4.61. The zero-order valence-corrected chi connectivity index (χ0v) is 11.7. The van der Waals surface area contributed by atoms with Gasteiger partial charge in [-0.2, -0.15) is 0 Å².